The summed E-state index contributed by atoms with van der Waals surface area (Å²) in [6, 6.07) is 4.22. The molecule has 0 saturated carbocycles. The van der Waals surface area contributed by atoms with E-state index in [9.17, 15) is 45.8 Å². The Kier molecular flexibility index (Phi) is 8.35. The zero-order chi connectivity index (χ0) is 27.4. The van der Waals surface area contributed by atoms with E-state index in [1.54, 1.807) is 0 Å². The highest BCUT2D eigenvalue weighted by Crippen LogP contribution is 2.30. The number of alkyl halides is 6. The molecule has 36 heavy (non-hydrogen) atoms. The van der Waals surface area contributed by atoms with E-state index in [2.05, 4.69) is 5.32 Å². The minimum Gasteiger partial charge on any atom is -0.506 e. The maximum absolute atomic E-state index is 12.9. The number of amides is 1. The van der Waals surface area contributed by atoms with Crippen molar-refractivity contribution in [1.29, 1.82) is 0 Å². The molecule has 2 aromatic rings. The Morgan fingerprint density at radius 3 is 2.03 bits per heavy atom. The number of benzene rings is 1. The molecule has 1 aliphatic rings. The lowest BCUT2D eigenvalue weighted by Gasteiger charge is -2.16. The fourth-order valence-electron chi connectivity index (χ4n) is 3.10. The summed E-state index contributed by atoms with van der Waals surface area (Å²) in [4.78, 5) is 44.7. The van der Waals surface area contributed by atoms with E-state index in [4.69, 9.17) is 15.0 Å². The molecule has 16 heteroatoms. The van der Waals surface area contributed by atoms with Crippen LogP contribution in [0.3, 0.4) is 0 Å². The number of aliphatic carboxylic acids is 2. The van der Waals surface area contributed by atoms with Gasteiger partial charge in [-0.2, -0.15) is 26.3 Å². The second-order valence-electron chi connectivity index (χ2n) is 7.22. The quantitative estimate of drug-likeness (QED) is 0.369. The first-order chi connectivity index (χ1) is 16.5. The molecule has 0 radical (unpaired) electrons. The van der Waals surface area contributed by atoms with Crippen LogP contribution in [-0.2, 0) is 35.4 Å². The number of nitrogens with zero attached hydrogens (tertiary/aromatic N) is 1. The minimum atomic E-state index is -5.08. The molecule has 1 aromatic carbocycles. The molecule has 0 spiro atoms. The summed E-state index contributed by atoms with van der Waals surface area (Å²) < 4.78 is 71.1. The van der Waals surface area contributed by atoms with Crippen molar-refractivity contribution in [1.82, 2.24) is 15.2 Å². The van der Waals surface area contributed by atoms with Crippen LogP contribution < -0.4 is 16.2 Å². The molecule has 0 saturated heterocycles. The fraction of sp³-hybridized carbons (Fsp3) is 0.300. The standard InChI is InChI=1S/C18H16F3N3O5.C2HF3O2/c19-18(20,21)10-3-1-9(2-4-10)8-24-12-6-22-5-11(12)15(27)14(17(24)29)16(28)23-7-13(25)26;3-2(4,5)1(6)7/h1-4,22,27H,5-8H2,(H,23,28)(H,25,26);(H,6,7). The van der Waals surface area contributed by atoms with Gasteiger partial charge < -0.3 is 30.5 Å². The first-order valence-electron chi connectivity index (χ1n) is 9.68. The van der Waals surface area contributed by atoms with Crippen molar-refractivity contribution in [2.45, 2.75) is 32.0 Å². The maximum Gasteiger partial charge on any atom is 0.490 e. The van der Waals surface area contributed by atoms with Crippen LogP contribution in [0.2, 0.25) is 0 Å². The smallest absolute Gasteiger partial charge is 0.490 e. The number of rotatable bonds is 5. The fourth-order valence-corrected chi connectivity index (χ4v) is 3.10. The summed E-state index contributed by atoms with van der Waals surface area (Å²) >= 11 is 0. The van der Waals surface area contributed by atoms with Crippen molar-refractivity contribution >= 4 is 17.8 Å². The van der Waals surface area contributed by atoms with Crippen LogP contribution in [0.25, 0.3) is 0 Å². The summed E-state index contributed by atoms with van der Waals surface area (Å²) in [6.07, 6.45) is -9.57. The number of carboxylic acid groups (broad SMARTS) is 2. The number of hydrogen-bond acceptors (Lipinski definition) is 6. The Morgan fingerprint density at radius 1 is 1.00 bits per heavy atom. The van der Waals surface area contributed by atoms with E-state index < -0.39 is 59.2 Å². The van der Waals surface area contributed by atoms with Crippen molar-refractivity contribution in [3.8, 4) is 5.75 Å². The van der Waals surface area contributed by atoms with E-state index in [0.29, 0.717) is 16.8 Å². The Morgan fingerprint density at radius 2 is 1.56 bits per heavy atom. The van der Waals surface area contributed by atoms with Crippen LogP contribution in [0.4, 0.5) is 26.3 Å². The van der Waals surface area contributed by atoms with Crippen LogP contribution in [0, 0.1) is 0 Å². The van der Waals surface area contributed by atoms with Gasteiger partial charge in [0.25, 0.3) is 11.5 Å². The first-order valence-corrected chi connectivity index (χ1v) is 9.68. The molecule has 1 amide bonds. The van der Waals surface area contributed by atoms with Crippen molar-refractivity contribution in [3.05, 3.63) is 62.6 Å². The van der Waals surface area contributed by atoms with E-state index in [1.807, 2.05) is 5.32 Å². The van der Waals surface area contributed by atoms with Crippen molar-refractivity contribution < 1.29 is 56.0 Å². The van der Waals surface area contributed by atoms with Crippen LogP contribution >= 0.6 is 0 Å². The minimum absolute atomic E-state index is 0.125. The molecular formula is C20H17F6N3O7. The highest BCUT2D eigenvalue weighted by atomic mass is 19.4. The molecule has 0 bridgehead atoms. The molecule has 10 nitrogen and oxygen atoms in total. The van der Waals surface area contributed by atoms with Gasteiger partial charge in [0.2, 0.25) is 0 Å². The average Bonchev–Trinajstić information content (AvgIpc) is 3.25. The Labute approximate surface area is 196 Å². The number of aromatic nitrogens is 1. The average molecular weight is 525 g/mol. The van der Waals surface area contributed by atoms with Crippen molar-refractivity contribution in [3.63, 3.8) is 0 Å². The zero-order valence-electron chi connectivity index (χ0n) is 17.8. The van der Waals surface area contributed by atoms with Crippen molar-refractivity contribution in [2.24, 2.45) is 0 Å². The molecule has 1 aliphatic heterocycles. The van der Waals surface area contributed by atoms with E-state index >= 15 is 0 Å². The van der Waals surface area contributed by atoms with Crippen molar-refractivity contribution in [2.75, 3.05) is 6.54 Å². The van der Waals surface area contributed by atoms with Gasteiger partial charge in [-0.15, -0.1) is 0 Å². The maximum atomic E-state index is 12.9. The van der Waals surface area contributed by atoms with Crippen LogP contribution in [0.1, 0.15) is 32.7 Å². The zero-order valence-corrected chi connectivity index (χ0v) is 17.8. The predicted molar refractivity (Wildman–Crippen MR) is 107 cm³/mol. The molecule has 0 unspecified atom stereocenters. The van der Waals surface area contributed by atoms with Crippen LogP contribution in [0.15, 0.2) is 29.1 Å². The molecule has 0 fully saturated rings. The van der Waals surface area contributed by atoms with E-state index in [0.717, 1.165) is 12.1 Å². The molecular weight excluding hydrogens is 508 g/mol. The van der Waals surface area contributed by atoms with Gasteiger partial charge in [-0.3, -0.25) is 14.4 Å². The number of carboxylic acids is 2. The number of hydrogen-bond donors (Lipinski definition) is 5. The molecule has 2 heterocycles. The highest BCUT2D eigenvalue weighted by Gasteiger charge is 2.38. The third kappa shape index (κ3) is 6.74. The highest BCUT2D eigenvalue weighted by molar-refractivity contribution is 5.98. The number of fused-ring (bicyclic) bond motifs is 1. The Hall–Kier alpha value is -4.08. The number of nitrogens with one attached hydrogen (secondary N) is 2. The second-order valence-corrected chi connectivity index (χ2v) is 7.22. The van der Waals surface area contributed by atoms with E-state index in [1.165, 1.54) is 16.7 Å². The molecule has 5 N–H and O–H groups in total. The van der Waals surface area contributed by atoms with Gasteiger partial charge in [-0.05, 0) is 17.7 Å². The summed E-state index contributed by atoms with van der Waals surface area (Å²) in [5.41, 5.74) is -1.22. The van der Waals surface area contributed by atoms with Gasteiger partial charge in [-0.1, -0.05) is 12.1 Å². The molecule has 3 rings (SSSR count). The number of carbonyl (C=O) groups is 3. The SMILES string of the molecule is O=C(O)C(F)(F)F.O=C(O)CNC(=O)c1c(O)c2c(n(Cc3ccc(C(F)(F)F)cc3)c1=O)CNC2. The predicted octanol–water partition coefficient (Wildman–Crippen LogP) is 1.67. The van der Waals surface area contributed by atoms with Gasteiger partial charge in [0, 0.05) is 24.3 Å². The van der Waals surface area contributed by atoms with Gasteiger partial charge in [0.15, 0.2) is 0 Å². The monoisotopic (exact) mass is 525 g/mol. The second kappa shape index (κ2) is 10.7. The molecule has 1 aromatic heterocycles. The van der Waals surface area contributed by atoms with Crippen LogP contribution in [-0.4, -0.2) is 50.5 Å². The number of halogens is 6. The van der Waals surface area contributed by atoms with Gasteiger partial charge in [0.1, 0.15) is 17.9 Å². The normalized spacial score (nSPS) is 12.8. The van der Waals surface area contributed by atoms with Crippen LogP contribution in [0.5, 0.6) is 5.75 Å². The van der Waals surface area contributed by atoms with Gasteiger partial charge >= 0.3 is 24.3 Å². The first kappa shape index (κ1) is 28.2. The third-order valence-corrected chi connectivity index (χ3v) is 4.74. The molecule has 196 valence electrons. The topological polar surface area (TPSA) is 158 Å². The van der Waals surface area contributed by atoms with E-state index in [-0.39, 0.29) is 19.6 Å². The lowest BCUT2D eigenvalue weighted by molar-refractivity contribution is -0.192. The van der Waals surface area contributed by atoms with Gasteiger partial charge in [-0.25, -0.2) is 4.79 Å². The summed E-state index contributed by atoms with van der Waals surface area (Å²) in [6.45, 7) is -0.476. The number of pyridine rings is 1. The molecule has 0 atom stereocenters. The number of aromatic hydroxyl groups is 1. The Bertz CT molecular complexity index is 1220. The largest absolute Gasteiger partial charge is 0.506 e. The summed E-state index contributed by atoms with van der Waals surface area (Å²) in [5, 5.41) is 31.1. The summed E-state index contributed by atoms with van der Waals surface area (Å²) in [7, 11) is 0. The lowest BCUT2D eigenvalue weighted by Crippen LogP contribution is -2.37. The number of carbonyl (C=O) groups excluding carboxylic acids is 1. The Balaban J connectivity index is 0.000000572. The summed E-state index contributed by atoms with van der Waals surface area (Å²) in [5.74, 6) is -5.68. The van der Waals surface area contributed by atoms with Gasteiger partial charge in [0.05, 0.1) is 12.1 Å². The molecule has 0 aliphatic carbocycles. The lowest BCUT2D eigenvalue weighted by atomic mass is 10.1. The third-order valence-electron chi connectivity index (χ3n) is 4.74.